The zero-order valence-corrected chi connectivity index (χ0v) is 18.3. The molecule has 1 aliphatic heterocycles. The molecular formula is C21H33F3N4O2. The van der Waals surface area contributed by atoms with E-state index in [2.05, 4.69) is 41.3 Å². The van der Waals surface area contributed by atoms with Gasteiger partial charge < -0.3 is 20.1 Å². The number of hydrogen-bond acceptors (Lipinski definition) is 4. The fraction of sp³-hybridized carbons (Fsp3) is 0.667. The Kier molecular flexibility index (Phi) is 8.64. The number of alkyl halides is 3. The first-order valence-electron chi connectivity index (χ1n) is 10.3. The predicted octanol–water partition coefficient (Wildman–Crippen LogP) is 3.42. The van der Waals surface area contributed by atoms with Crippen molar-refractivity contribution in [3.8, 4) is 11.5 Å². The van der Waals surface area contributed by atoms with Crippen molar-refractivity contribution in [1.29, 1.82) is 0 Å². The summed E-state index contributed by atoms with van der Waals surface area (Å²) in [5.74, 6) is 1.53. The maximum atomic E-state index is 12.4. The summed E-state index contributed by atoms with van der Waals surface area (Å²) in [4.78, 5) is 7.08. The van der Waals surface area contributed by atoms with Gasteiger partial charge in [-0.3, -0.25) is 4.90 Å². The molecule has 0 bridgehead atoms. The van der Waals surface area contributed by atoms with Gasteiger partial charge in [-0.15, -0.1) is 0 Å². The Morgan fingerprint density at radius 3 is 2.57 bits per heavy atom. The van der Waals surface area contributed by atoms with Crippen molar-refractivity contribution in [3.63, 3.8) is 0 Å². The summed E-state index contributed by atoms with van der Waals surface area (Å²) in [5, 5.41) is 6.78. The lowest BCUT2D eigenvalue weighted by Crippen LogP contribution is -2.46. The number of likely N-dealkylation sites (tertiary alicyclic amines) is 1. The number of nitrogens with one attached hydrogen (secondary N) is 2. The quantitative estimate of drug-likeness (QED) is 0.489. The van der Waals surface area contributed by atoms with Crippen LogP contribution in [0.2, 0.25) is 0 Å². The molecule has 0 aromatic heterocycles. The van der Waals surface area contributed by atoms with Gasteiger partial charge in [0.1, 0.15) is 0 Å². The second kappa shape index (κ2) is 10.7. The lowest BCUT2D eigenvalue weighted by atomic mass is 10.1. The topological polar surface area (TPSA) is 58.1 Å². The third-order valence-corrected chi connectivity index (χ3v) is 5.08. The van der Waals surface area contributed by atoms with E-state index in [0.29, 0.717) is 24.5 Å². The van der Waals surface area contributed by atoms with Gasteiger partial charge in [0.05, 0.1) is 13.7 Å². The number of hydrogen-bond donors (Lipinski definition) is 2. The molecule has 170 valence electrons. The van der Waals surface area contributed by atoms with Crippen LogP contribution in [0, 0.1) is 5.92 Å². The van der Waals surface area contributed by atoms with Crippen molar-refractivity contribution >= 4 is 5.96 Å². The van der Waals surface area contributed by atoms with E-state index in [-0.39, 0.29) is 11.5 Å². The molecule has 0 spiro atoms. The van der Waals surface area contributed by atoms with E-state index in [0.717, 1.165) is 31.2 Å². The van der Waals surface area contributed by atoms with Crippen LogP contribution in [0.5, 0.6) is 11.5 Å². The summed E-state index contributed by atoms with van der Waals surface area (Å²) in [6.07, 6.45) is -4.40. The monoisotopic (exact) mass is 430 g/mol. The number of rotatable bonds is 8. The molecule has 1 aromatic rings. The Labute approximate surface area is 176 Å². The van der Waals surface area contributed by atoms with E-state index >= 15 is 0 Å². The van der Waals surface area contributed by atoms with Gasteiger partial charge >= 0.3 is 6.18 Å². The first kappa shape index (κ1) is 24.1. The van der Waals surface area contributed by atoms with Crippen molar-refractivity contribution < 1.29 is 22.6 Å². The average Bonchev–Trinajstić information content (AvgIpc) is 3.05. The number of halogens is 3. The van der Waals surface area contributed by atoms with Gasteiger partial charge in [0, 0.05) is 31.7 Å². The minimum Gasteiger partial charge on any atom is -0.493 e. The van der Waals surface area contributed by atoms with Crippen LogP contribution in [0.25, 0.3) is 0 Å². The van der Waals surface area contributed by atoms with E-state index in [4.69, 9.17) is 9.47 Å². The van der Waals surface area contributed by atoms with Gasteiger partial charge in [0.2, 0.25) is 0 Å². The van der Waals surface area contributed by atoms with E-state index < -0.39 is 12.8 Å². The lowest BCUT2D eigenvalue weighted by molar-refractivity contribution is -0.153. The predicted molar refractivity (Wildman–Crippen MR) is 112 cm³/mol. The summed E-state index contributed by atoms with van der Waals surface area (Å²) in [7, 11) is 1.40. The van der Waals surface area contributed by atoms with Gasteiger partial charge in [-0.1, -0.05) is 13.0 Å². The SMILES string of the molecule is CCNC(=NCc1ccc(OCC(F)(F)F)c(OC)c1)NC1CN(C(C)C)CC1C. The Balaban J connectivity index is 2.05. The molecule has 6 nitrogen and oxygen atoms in total. The van der Waals surface area contributed by atoms with Crippen LogP contribution in [-0.2, 0) is 6.54 Å². The second-order valence-corrected chi connectivity index (χ2v) is 7.86. The zero-order chi connectivity index (χ0) is 22.3. The van der Waals surface area contributed by atoms with E-state index in [1.807, 2.05) is 6.92 Å². The highest BCUT2D eigenvalue weighted by Gasteiger charge is 2.31. The number of methoxy groups -OCH3 is 1. The van der Waals surface area contributed by atoms with Crippen molar-refractivity contribution in [2.45, 2.75) is 52.5 Å². The molecule has 0 radical (unpaired) electrons. The molecular weight excluding hydrogens is 397 g/mol. The highest BCUT2D eigenvalue weighted by Crippen LogP contribution is 2.30. The van der Waals surface area contributed by atoms with Crippen molar-refractivity contribution in [2.24, 2.45) is 10.9 Å². The van der Waals surface area contributed by atoms with Crippen molar-refractivity contribution in [3.05, 3.63) is 23.8 Å². The molecule has 2 unspecified atom stereocenters. The van der Waals surface area contributed by atoms with Crippen molar-refractivity contribution in [1.82, 2.24) is 15.5 Å². The molecule has 1 aliphatic rings. The second-order valence-electron chi connectivity index (χ2n) is 7.86. The summed E-state index contributed by atoms with van der Waals surface area (Å²) >= 11 is 0. The first-order valence-corrected chi connectivity index (χ1v) is 10.3. The molecule has 2 atom stereocenters. The summed E-state index contributed by atoms with van der Waals surface area (Å²) < 4.78 is 47.2. The van der Waals surface area contributed by atoms with E-state index in [1.54, 1.807) is 12.1 Å². The van der Waals surface area contributed by atoms with Crippen LogP contribution in [0.3, 0.4) is 0 Å². The molecule has 0 aliphatic carbocycles. The number of ether oxygens (including phenoxy) is 2. The van der Waals surface area contributed by atoms with Crippen LogP contribution in [0.4, 0.5) is 13.2 Å². The molecule has 9 heteroatoms. The normalized spacial score (nSPS) is 20.5. The molecule has 0 amide bonds. The van der Waals surface area contributed by atoms with Gasteiger partial charge in [-0.25, -0.2) is 4.99 Å². The standard InChI is InChI=1S/C21H33F3N4O2/c1-6-25-20(27-17-12-28(14(2)3)11-15(17)4)26-10-16-7-8-18(19(9-16)29-5)30-13-21(22,23)24/h7-9,14-15,17H,6,10-13H2,1-5H3,(H2,25,26,27). The van der Waals surface area contributed by atoms with Crippen LogP contribution < -0.4 is 20.1 Å². The smallest absolute Gasteiger partial charge is 0.422 e. The Hall–Kier alpha value is -2.16. The molecule has 0 saturated carbocycles. The fourth-order valence-corrected chi connectivity index (χ4v) is 3.37. The zero-order valence-electron chi connectivity index (χ0n) is 18.3. The molecule has 1 aromatic carbocycles. The van der Waals surface area contributed by atoms with Gasteiger partial charge in [-0.05, 0) is 44.4 Å². The highest BCUT2D eigenvalue weighted by atomic mass is 19.4. The van der Waals surface area contributed by atoms with Gasteiger partial charge in [-0.2, -0.15) is 13.2 Å². The van der Waals surface area contributed by atoms with E-state index in [1.165, 1.54) is 13.2 Å². The number of nitrogens with zero attached hydrogens (tertiary/aromatic N) is 2. The molecule has 1 heterocycles. The maximum absolute atomic E-state index is 12.4. The number of benzene rings is 1. The largest absolute Gasteiger partial charge is 0.493 e. The third-order valence-electron chi connectivity index (χ3n) is 5.08. The van der Waals surface area contributed by atoms with Crippen LogP contribution in [0.1, 0.15) is 33.3 Å². The van der Waals surface area contributed by atoms with Gasteiger partial charge in [0.15, 0.2) is 24.1 Å². The maximum Gasteiger partial charge on any atom is 0.422 e. The van der Waals surface area contributed by atoms with Crippen LogP contribution in [-0.4, -0.2) is 62.5 Å². The first-order chi connectivity index (χ1) is 14.1. The summed E-state index contributed by atoms with van der Waals surface area (Å²) in [6, 6.07) is 5.63. The fourth-order valence-electron chi connectivity index (χ4n) is 3.37. The minimum atomic E-state index is -4.40. The summed E-state index contributed by atoms with van der Waals surface area (Å²) in [6.45, 7) is 10.4. The number of aliphatic imine (C=N–C) groups is 1. The van der Waals surface area contributed by atoms with E-state index in [9.17, 15) is 13.2 Å². The molecule has 2 N–H and O–H groups in total. The minimum absolute atomic E-state index is 0.0566. The number of guanidine groups is 1. The van der Waals surface area contributed by atoms with Crippen LogP contribution in [0.15, 0.2) is 23.2 Å². The van der Waals surface area contributed by atoms with Crippen molar-refractivity contribution in [2.75, 3.05) is 33.4 Å². The Morgan fingerprint density at radius 2 is 2.00 bits per heavy atom. The highest BCUT2D eigenvalue weighted by molar-refractivity contribution is 5.80. The van der Waals surface area contributed by atoms with Crippen LogP contribution >= 0.6 is 0 Å². The third kappa shape index (κ3) is 7.27. The summed E-state index contributed by atoms with van der Waals surface area (Å²) in [5.41, 5.74) is 0.812. The van der Waals surface area contributed by atoms with Gasteiger partial charge in [0.25, 0.3) is 0 Å². The average molecular weight is 431 g/mol. The molecule has 2 rings (SSSR count). The lowest BCUT2D eigenvalue weighted by Gasteiger charge is -2.22. The Bertz CT molecular complexity index is 710. The molecule has 1 saturated heterocycles. The Morgan fingerprint density at radius 1 is 1.27 bits per heavy atom. The molecule has 30 heavy (non-hydrogen) atoms. The molecule has 1 fully saturated rings.